The number of thiophene rings is 1. The Morgan fingerprint density at radius 1 is 1.28 bits per heavy atom. The smallest absolute Gasteiger partial charge is 0.475 e. The first-order valence-electron chi connectivity index (χ1n) is 10.1. The summed E-state index contributed by atoms with van der Waals surface area (Å²) < 4.78 is 33.5. The summed E-state index contributed by atoms with van der Waals surface area (Å²) in [6, 6.07) is 3.34. The van der Waals surface area contributed by atoms with Crippen LogP contribution in [0.4, 0.5) is 13.2 Å². The normalized spacial score (nSPS) is 16.3. The minimum atomic E-state index is -5.08. The van der Waals surface area contributed by atoms with E-state index in [0.717, 1.165) is 44.3 Å². The fourth-order valence-electron chi connectivity index (χ4n) is 3.28. The van der Waals surface area contributed by atoms with E-state index in [-0.39, 0.29) is 18.0 Å². The number of nitrogens with one attached hydrogen (secondary N) is 1. The van der Waals surface area contributed by atoms with Gasteiger partial charge in [0.05, 0.1) is 18.8 Å². The lowest BCUT2D eigenvalue weighted by Crippen LogP contribution is -2.30. The number of carboxylic acid groups (broad SMARTS) is 1. The molecule has 174 valence electrons. The van der Waals surface area contributed by atoms with E-state index in [1.165, 1.54) is 24.2 Å². The summed E-state index contributed by atoms with van der Waals surface area (Å²) in [6.07, 6.45) is -1.45. The zero-order valence-electron chi connectivity index (χ0n) is 17.1. The van der Waals surface area contributed by atoms with Gasteiger partial charge in [-0.1, -0.05) is 0 Å². The SMILES string of the molecule is O=C(NCc1cc(=O)n2c(n1)CN(CC1CC1)CCC2)c1ccsc1.O=C(O)C(F)(F)F. The summed E-state index contributed by atoms with van der Waals surface area (Å²) in [5, 5.41) is 13.7. The van der Waals surface area contributed by atoms with Crippen LogP contribution in [0, 0.1) is 5.92 Å². The van der Waals surface area contributed by atoms with E-state index in [1.54, 1.807) is 16.7 Å². The minimum Gasteiger partial charge on any atom is -0.475 e. The van der Waals surface area contributed by atoms with E-state index in [0.29, 0.717) is 11.3 Å². The number of carbonyl (C=O) groups is 2. The van der Waals surface area contributed by atoms with Crippen molar-refractivity contribution < 1.29 is 27.9 Å². The largest absolute Gasteiger partial charge is 0.490 e. The van der Waals surface area contributed by atoms with Crippen molar-refractivity contribution in [3.63, 3.8) is 0 Å². The number of aromatic nitrogens is 2. The van der Waals surface area contributed by atoms with Crippen LogP contribution in [0.3, 0.4) is 0 Å². The first-order chi connectivity index (χ1) is 15.1. The molecule has 3 heterocycles. The second-order valence-electron chi connectivity index (χ2n) is 7.68. The van der Waals surface area contributed by atoms with Gasteiger partial charge in [0.2, 0.25) is 0 Å². The predicted molar refractivity (Wildman–Crippen MR) is 110 cm³/mol. The summed E-state index contributed by atoms with van der Waals surface area (Å²) >= 11 is 1.49. The maximum Gasteiger partial charge on any atom is 0.490 e. The van der Waals surface area contributed by atoms with E-state index in [1.807, 2.05) is 10.8 Å². The van der Waals surface area contributed by atoms with Crippen molar-refractivity contribution >= 4 is 23.2 Å². The molecular formula is C20H23F3N4O4S. The van der Waals surface area contributed by atoms with Crippen LogP contribution in [-0.4, -0.2) is 50.7 Å². The Labute approximate surface area is 185 Å². The third-order valence-electron chi connectivity index (χ3n) is 5.03. The lowest BCUT2D eigenvalue weighted by molar-refractivity contribution is -0.192. The second kappa shape index (κ2) is 10.3. The molecule has 0 spiro atoms. The van der Waals surface area contributed by atoms with Gasteiger partial charge in [-0.25, -0.2) is 9.78 Å². The van der Waals surface area contributed by atoms with E-state index in [4.69, 9.17) is 9.90 Å². The zero-order valence-corrected chi connectivity index (χ0v) is 17.9. The first kappa shape index (κ1) is 23.9. The number of carbonyl (C=O) groups excluding carboxylic acids is 1. The molecule has 8 nitrogen and oxygen atoms in total. The molecule has 2 N–H and O–H groups in total. The van der Waals surface area contributed by atoms with Crippen LogP contribution < -0.4 is 10.9 Å². The van der Waals surface area contributed by atoms with Crippen molar-refractivity contribution in [2.24, 2.45) is 5.92 Å². The molecule has 0 atom stereocenters. The fraction of sp³-hybridized carbons (Fsp3) is 0.500. The van der Waals surface area contributed by atoms with Gasteiger partial charge in [-0.15, -0.1) is 0 Å². The number of alkyl halides is 3. The van der Waals surface area contributed by atoms with Crippen LogP contribution in [0.15, 0.2) is 27.7 Å². The molecule has 1 aliphatic heterocycles. The number of nitrogens with zero attached hydrogens (tertiary/aromatic N) is 3. The first-order valence-corrected chi connectivity index (χ1v) is 11.0. The summed E-state index contributed by atoms with van der Waals surface area (Å²) in [4.78, 5) is 40.5. The van der Waals surface area contributed by atoms with E-state index in [2.05, 4.69) is 15.2 Å². The van der Waals surface area contributed by atoms with Gasteiger partial charge in [0, 0.05) is 36.6 Å². The number of carboxylic acids is 1. The lowest BCUT2D eigenvalue weighted by atomic mass is 10.3. The highest BCUT2D eigenvalue weighted by molar-refractivity contribution is 7.08. The lowest BCUT2D eigenvalue weighted by Gasteiger charge is -2.19. The summed E-state index contributed by atoms with van der Waals surface area (Å²) in [6.45, 7) is 3.85. The van der Waals surface area contributed by atoms with Crippen LogP contribution in [0.2, 0.25) is 0 Å². The Kier molecular flexibility index (Phi) is 7.67. The molecule has 0 unspecified atom stereocenters. The van der Waals surface area contributed by atoms with Gasteiger partial charge in [0.15, 0.2) is 0 Å². The van der Waals surface area contributed by atoms with Crippen molar-refractivity contribution in [2.75, 3.05) is 13.1 Å². The van der Waals surface area contributed by atoms with Crippen LogP contribution in [-0.2, 0) is 24.4 Å². The summed E-state index contributed by atoms with van der Waals surface area (Å²) in [7, 11) is 0. The molecule has 0 radical (unpaired) electrons. The topological polar surface area (TPSA) is 105 Å². The second-order valence-corrected chi connectivity index (χ2v) is 8.46. The predicted octanol–water partition coefficient (Wildman–Crippen LogP) is 2.48. The van der Waals surface area contributed by atoms with E-state index in [9.17, 15) is 22.8 Å². The molecular weight excluding hydrogens is 449 g/mol. The molecule has 1 aliphatic carbocycles. The van der Waals surface area contributed by atoms with Crippen molar-refractivity contribution in [3.8, 4) is 0 Å². The highest BCUT2D eigenvalue weighted by Crippen LogP contribution is 2.30. The molecule has 2 aliphatic rings. The van der Waals surface area contributed by atoms with Gasteiger partial charge < -0.3 is 10.4 Å². The molecule has 2 aromatic rings. The van der Waals surface area contributed by atoms with Gasteiger partial charge in [-0.3, -0.25) is 19.1 Å². The van der Waals surface area contributed by atoms with Crippen LogP contribution in [0.1, 0.15) is 41.1 Å². The molecule has 1 fully saturated rings. The monoisotopic (exact) mass is 472 g/mol. The number of rotatable bonds is 5. The quantitative estimate of drug-likeness (QED) is 0.693. The standard InChI is InChI=1S/C18H22N4O2S.C2HF3O2/c23-17-8-15(9-19-18(24)14-4-7-25-12-14)20-16-11-21(10-13-2-3-13)5-1-6-22(16)17;3-2(4,5)1(6)7/h4,7-8,12-13H,1-3,5-6,9-11H2,(H,19,24);(H,6,7). The third kappa shape index (κ3) is 6.89. The molecule has 0 saturated heterocycles. The Hall–Kier alpha value is -2.73. The van der Waals surface area contributed by atoms with Gasteiger partial charge in [0.25, 0.3) is 11.5 Å². The Balaban J connectivity index is 0.000000360. The van der Waals surface area contributed by atoms with Gasteiger partial charge in [-0.2, -0.15) is 24.5 Å². The number of hydrogen-bond acceptors (Lipinski definition) is 6. The maximum absolute atomic E-state index is 12.4. The van der Waals surface area contributed by atoms with Crippen molar-refractivity contribution in [2.45, 2.75) is 45.1 Å². The maximum atomic E-state index is 12.4. The molecule has 0 bridgehead atoms. The Bertz CT molecular complexity index is 1000. The van der Waals surface area contributed by atoms with E-state index >= 15 is 0 Å². The van der Waals surface area contributed by atoms with Crippen LogP contribution in [0.5, 0.6) is 0 Å². The zero-order chi connectivity index (χ0) is 23.3. The van der Waals surface area contributed by atoms with Gasteiger partial charge in [-0.05, 0) is 36.6 Å². The highest BCUT2D eigenvalue weighted by Gasteiger charge is 2.38. The number of amides is 1. The molecule has 4 rings (SSSR count). The number of aliphatic carboxylic acids is 1. The molecule has 2 aromatic heterocycles. The van der Waals surface area contributed by atoms with Gasteiger partial charge >= 0.3 is 12.1 Å². The van der Waals surface area contributed by atoms with Crippen molar-refractivity contribution in [1.82, 2.24) is 19.8 Å². The molecule has 0 aromatic carbocycles. The van der Waals surface area contributed by atoms with Crippen LogP contribution >= 0.6 is 11.3 Å². The fourth-order valence-corrected chi connectivity index (χ4v) is 3.91. The summed E-state index contributed by atoms with van der Waals surface area (Å²) in [5.74, 6) is -1.24. The van der Waals surface area contributed by atoms with E-state index < -0.39 is 12.1 Å². The Morgan fingerprint density at radius 3 is 2.59 bits per heavy atom. The number of fused-ring (bicyclic) bond motifs is 1. The highest BCUT2D eigenvalue weighted by atomic mass is 32.1. The summed E-state index contributed by atoms with van der Waals surface area (Å²) in [5.41, 5.74) is 1.26. The molecule has 12 heteroatoms. The van der Waals surface area contributed by atoms with Crippen LogP contribution in [0.25, 0.3) is 0 Å². The Morgan fingerprint density at radius 2 is 2.00 bits per heavy atom. The molecule has 1 amide bonds. The van der Waals surface area contributed by atoms with Crippen molar-refractivity contribution in [3.05, 3.63) is 50.3 Å². The molecule has 1 saturated carbocycles. The average Bonchev–Trinajstić information content (AvgIpc) is 3.41. The average molecular weight is 472 g/mol. The third-order valence-corrected chi connectivity index (χ3v) is 5.71. The minimum absolute atomic E-state index is 0.0157. The number of halogens is 3. The van der Waals surface area contributed by atoms with Gasteiger partial charge in [0.1, 0.15) is 5.82 Å². The molecule has 32 heavy (non-hydrogen) atoms. The van der Waals surface area contributed by atoms with Crippen molar-refractivity contribution in [1.29, 1.82) is 0 Å². The number of hydrogen-bond donors (Lipinski definition) is 2.